The van der Waals surface area contributed by atoms with Gasteiger partial charge in [0.2, 0.25) is 0 Å². The number of urea groups is 1. The lowest BCUT2D eigenvalue weighted by Gasteiger charge is -2.16. The van der Waals surface area contributed by atoms with Crippen LogP contribution in [-0.2, 0) is 28.7 Å². The Balaban J connectivity index is 1.44. The van der Waals surface area contributed by atoms with E-state index in [-0.39, 0.29) is 21.9 Å². The highest BCUT2D eigenvalue weighted by Gasteiger charge is 2.20. The minimum atomic E-state index is -3.79. The Morgan fingerprint density at radius 1 is 1.00 bits per heavy atom. The van der Waals surface area contributed by atoms with Gasteiger partial charge in [0, 0.05) is 18.7 Å². The molecule has 0 saturated heterocycles. The monoisotopic (exact) mass is 471 g/mol. The molecule has 0 aliphatic carbocycles. The van der Waals surface area contributed by atoms with Crippen molar-refractivity contribution in [2.75, 3.05) is 5.32 Å². The number of anilines is 1. The molecule has 3 N–H and O–H groups in total. The summed E-state index contributed by atoms with van der Waals surface area (Å²) in [4.78, 5) is 12.1. The molecule has 0 radical (unpaired) electrons. The van der Waals surface area contributed by atoms with Crippen LogP contribution in [-0.4, -0.2) is 14.4 Å². The second kappa shape index (κ2) is 9.29. The molecule has 0 fully saturated rings. The van der Waals surface area contributed by atoms with E-state index in [4.69, 9.17) is 0 Å². The van der Waals surface area contributed by atoms with Crippen LogP contribution in [0.3, 0.4) is 0 Å². The summed E-state index contributed by atoms with van der Waals surface area (Å²) in [6, 6.07) is 13.5. The number of benzene rings is 3. The Labute approximate surface area is 190 Å². The first-order valence-corrected chi connectivity index (χ1v) is 12.0. The highest BCUT2D eigenvalue weighted by molar-refractivity contribution is 7.90. The van der Waals surface area contributed by atoms with Gasteiger partial charge in [0.05, 0.1) is 22.4 Å². The average molecular weight is 472 g/mol. The molecule has 172 valence electrons. The maximum absolute atomic E-state index is 14.6. The first kappa shape index (κ1) is 22.9. The largest absolute Gasteiger partial charge is 0.331 e. The van der Waals surface area contributed by atoms with E-state index in [0.717, 1.165) is 23.7 Å². The lowest BCUT2D eigenvalue weighted by molar-refractivity contribution is 0.249. The van der Waals surface area contributed by atoms with Crippen molar-refractivity contribution >= 4 is 21.6 Å². The van der Waals surface area contributed by atoms with Crippen molar-refractivity contribution in [2.45, 2.75) is 36.7 Å². The van der Waals surface area contributed by atoms with Crippen LogP contribution in [0.1, 0.15) is 35.2 Å². The van der Waals surface area contributed by atoms with Crippen molar-refractivity contribution in [2.24, 2.45) is 0 Å². The number of fused-ring (bicyclic) bond motifs is 1. The molecule has 1 heterocycles. The van der Waals surface area contributed by atoms with E-state index in [1.807, 2.05) is 12.1 Å². The van der Waals surface area contributed by atoms with Gasteiger partial charge in [-0.2, -0.15) is 0 Å². The number of hydrogen-bond donors (Lipinski definition) is 3. The van der Waals surface area contributed by atoms with Crippen molar-refractivity contribution in [1.82, 2.24) is 10.6 Å². The molecule has 1 aliphatic rings. The Morgan fingerprint density at radius 3 is 2.52 bits per heavy atom. The van der Waals surface area contributed by atoms with E-state index in [2.05, 4.69) is 16.0 Å². The highest BCUT2D eigenvalue weighted by atomic mass is 32.2. The number of amides is 2. The van der Waals surface area contributed by atoms with Gasteiger partial charge in [-0.15, -0.1) is 0 Å². The number of nitrogens with one attached hydrogen (secondary N) is 3. The van der Waals surface area contributed by atoms with E-state index in [0.29, 0.717) is 12.1 Å². The fraction of sp³-hybridized carbons (Fsp3) is 0.208. The van der Waals surface area contributed by atoms with Crippen molar-refractivity contribution in [3.63, 3.8) is 0 Å². The Bertz CT molecular complexity index is 1310. The van der Waals surface area contributed by atoms with Gasteiger partial charge >= 0.3 is 6.03 Å². The minimum absolute atomic E-state index is 0.177. The number of halogens is 2. The molecular weight excluding hydrogens is 448 g/mol. The smallest absolute Gasteiger partial charge is 0.319 e. The van der Waals surface area contributed by atoms with Gasteiger partial charge in [0.1, 0.15) is 11.6 Å². The minimum Gasteiger partial charge on any atom is -0.331 e. The lowest BCUT2D eigenvalue weighted by atomic mass is 10.1. The summed E-state index contributed by atoms with van der Waals surface area (Å²) >= 11 is 0. The summed E-state index contributed by atoms with van der Waals surface area (Å²) < 4.78 is 54.1. The van der Waals surface area contributed by atoms with E-state index >= 15 is 0 Å². The van der Waals surface area contributed by atoms with Gasteiger partial charge < -0.3 is 16.0 Å². The summed E-state index contributed by atoms with van der Waals surface area (Å²) in [6.45, 7) is 3.05. The maximum atomic E-state index is 14.6. The van der Waals surface area contributed by atoms with Crippen LogP contribution in [0.5, 0.6) is 0 Å². The van der Waals surface area contributed by atoms with Gasteiger partial charge in [-0.3, -0.25) is 0 Å². The third-order valence-electron chi connectivity index (χ3n) is 5.53. The second-order valence-electron chi connectivity index (χ2n) is 7.95. The van der Waals surface area contributed by atoms with Gasteiger partial charge in [0.15, 0.2) is 9.84 Å². The Morgan fingerprint density at radius 2 is 1.76 bits per heavy atom. The van der Waals surface area contributed by atoms with Gasteiger partial charge in [-0.25, -0.2) is 22.0 Å². The number of rotatable bonds is 6. The van der Waals surface area contributed by atoms with E-state index in [1.165, 1.54) is 30.3 Å². The van der Waals surface area contributed by atoms with Crippen LogP contribution < -0.4 is 16.0 Å². The second-order valence-corrected chi connectivity index (χ2v) is 9.94. The number of sulfone groups is 1. The van der Waals surface area contributed by atoms with Gasteiger partial charge in [-0.05, 0) is 47.9 Å². The van der Waals surface area contributed by atoms with Crippen LogP contribution in [0.2, 0.25) is 0 Å². The molecular formula is C24H23F2N3O3S. The summed E-state index contributed by atoms with van der Waals surface area (Å²) in [5, 5.41) is 8.07. The van der Waals surface area contributed by atoms with Crippen LogP contribution >= 0.6 is 0 Å². The third-order valence-corrected chi connectivity index (χ3v) is 7.21. The standard InChI is InChI=1S/C24H23F2N3O3S/c1-15(20-4-2-3-5-21(20)25)28-24(30)29-23-9-8-19(11-22(23)26)33(31,32)14-16-6-7-17-12-27-13-18(17)10-16/h2-11,15,27H,12-14H2,1H3,(H2,28,29,30). The normalized spacial score (nSPS) is 13.9. The number of hydrogen-bond acceptors (Lipinski definition) is 4. The topological polar surface area (TPSA) is 87.3 Å². The first-order valence-electron chi connectivity index (χ1n) is 10.4. The van der Waals surface area contributed by atoms with Crippen LogP contribution in [0, 0.1) is 11.6 Å². The lowest BCUT2D eigenvalue weighted by Crippen LogP contribution is -2.31. The molecule has 3 aromatic carbocycles. The molecule has 1 unspecified atom stereocenters. The third kappa shape index (κ3) is 5.20. The fourth-order valence-electron chi connectivity index (χ4n) is 3.79. The summed E-state index contributed by atoms with van der Waals surface area (Å²) in [6.07, 6.45) is 0. The van der Waals surface area contributed by atoms with Crippen molar-refractivity contribution < 1.29 is 22.0 Å². The molecule has 0 bridgehead atoms. The molecule has 2 amide bonds. The van der Waals surface area contributed by atoms with Gasteiger partial charge in [0.25, 0.3) is 0 Å². The summed E-state index contributed by atoms with van der Waals surface area (Å²) in [5.41, 5.74) is 2.93. The number of carbonyl (C=O) groups excluding carboxylic acids is 1. The zero-order valence-electron chi connectivity index (χ0n) is 17.9. The molecule has 1 aliphatic heterocycles. The molecule has 33 heavy (non-hydrogen) atoms. The summed E-state index contributed by atoms with van der Waals surface area (Å²) in [5.74, 6) is -1.61. The predicted octanol–water partition coefficient (Wildman–Crippen LogP) is 4.42. The van der Waals surface area contributed by atoms with Crippen molar-refractivity contribution in [1.29, 1.82) is 0 Å². The average Bonchev–Trinajstić information content (AvgIpc) is 3.23. The zero-order valence-corrected chi connectivity index (χ0v) is 18.7. The van der Waals surface area contributed by atoms with E-state index in [1.54, 1.807) is 19.1 Å². The molecule has 6 nitrogen and oxygen atoms in total. The quantitative estimate of drug-likeness (QED) is 0.497. The molecule has 9 heteroatoms. The van der Waals surface area contributed by atoms with Crippen molar-refractivity contribution in [3.8, 4) is 0 Å². The number of carbonyl (C=O) groups is 1. The van der Waals surface area contributed by atoms with Crippen molar-refractivity contribution in [3.05, 3.63) is 94.6 Å². The fourth-order valence-corrected chi connectivity index (χ4v) is 5.13. The molecule has 0 spiro atoms. The van der Waals surface area contributed by atoms with Crippen LogP contribution in [0.4, 0.5) is 19.3 Å². The summed E-state index contributed by atoms with van der Waals surface area (Å²) in [7, 11) is -3.79. The van der Waals surface area contributed by atoms with E-state index in [9.17, 15) is 22.0 Å². The molecule has 1 atom stereocenters. The maximum Gasteiger partial charge on any atom is 0.319 e. The molecule has 0 aromatic heterocycles. The molecule has 0 saturated carbocycles. The van der Waals surface area contributed by atoms with Gasteiger partial charge in [-0.1, -0.05) is 36.4 Å². The zero-order chi connectivity index (χ0) is 23.6. The predicted molar refractivity (Wildman–Crippen MR) is 121 cm³/mol. The Hall–Kier alpha value is -3.30. The SMILES string of the molecule is CC(NC(=O)Nc1ccc(S(=O)(=O)Cc2ccc3c(c2)CNC3)cc1F)c1ccccc1F. The molecule has 4 rings (SSSR count). The van der Waals surface area contributed by atoms with Crippen LogP contribution in [0.25, 0.3) is 0 Å². The van der Waals surface area contributed by atoms with Crippen LogP contribution in [0.15, 0.2) is 65.6 Å². The molecule has 3 aromatic rings. The first-order chi connectivity index (χ1) is 15.7. The highest BCUT2D eigenvalue weighted by Crippen LogP contribution is 2.24. The van der Waals surface area contributed by atoms with E-state index < -0.39 is 33.5 Å². The Kier molecular flexibility index (Phi) is 6.44.